The van der Waals surface area contributed by atoms with Crippen LogP contribution in [0.15, 0.2) is 66.9 Å². The van der Waals surface area contributed by atoms with Crippen molar-refractivity contribution < 1.29 is 28.7 Å². The van der Waals surface area contributed by atoms with Crippen LogP contribution in [0.25, 0.3) is 0 Å². The SMILES string of the molecule is COC(=O)C[C@H]1Cc2ccccc2CN1C(=O)CN(CCc1cccn1C)C(=O)[C@H]1Cc2ccccc2N1C(=O)OC1CCCCC1. The quantitative estimate of drug-likeness (QED) is 0.311. The topological polar surface area (TPSA) is 101 Å². The molecule has 6 rings (SSSR count). The highest BCUT2D eigenvalue weighted by Crippen LogP contribution is 2.35. The zero-order valence-corrected chi connectivity index (χ0v) is 27.3. The van der Waals surface area contributed by atoms with Gasteiger partial charge in [-0.3, -0.25) is 19.3 Å². The van der Waals surface area contributed by atoms with Crippen LogP contribution in [0.5, 0.6) is 0 Å². The van der Waals surface area contributed by atoms with Gasteiger partial charge in [0.1, 0.15) is 12.1 Å². The van der Waals surface area contributed by atoms with Gasteiger partial charge in [-0.25, -0.2) is 4.79 Å². The number of hydrogen-bond acceptors (Lipinski definition) is 6. The second-order valence-corrected chi connectivity index (χ2v) is 12.9. The molecule has 3 aromatic rings. The molecule has 0 saturated heterocycles. The van der Waals surface area contributed by atoms with Crippen LogP contribution in [0.2, 0.25) is 0 Å². The van der Waals surface area contributed by atoms with E-state index in [9.17, 15) is 19.2 Å². The van der Waals surface area contributed by atoms with Crippen LogP contribution in [0.4, 0.5) is 10.5 Å². The molecular weight excluding hydrogens is 596 g/mol. The van der Waals surface area contributed by atoms with Gasteiger partial charge in [-0.1, -0.05) is 48.9 Å². The van der Waals surface area contributed by atoms with Crippen molar-refractivity contribution in [3.8, 4) is 0 Å². The van der Waals surface area contributed by atoms with Crippen molar-refractivity contribution in [1.82, 2.24) is 14.4 Å². The zero-order chi connectivity index (χ0) is 32.9. The summed E-state index contributed by atoms with van der Waals surface area (Å²) in [5.74, 6) is -0.938. The Morgan fingerprint density at radius 3 is 2.32 bits per heavy atom. The molecular formula is C37H44N4O6. The highest BCUT2D eigenvalue weighted by Gasteiger charge is 2.43. The summed E-state index contributed by atoms with van der Waals surface area (Å²) in [6.45, 7) is 0.444. The third kappa shape index (κ3) is 7.21. The number of esters is 1. The Balaban J connectivity index is 1.27. The average molecular weight is 641 g/mol. The van der Waals surface area contributed by atoms with Crippen molar-refractivity contribution in [2.24, 2.45) is 7.05 Å². The summed E-state index contributed by atoms with van der Waals surface area (Å²) in [6, 6.07) is 18.2. The van der Waals surface area contributed by atoms with Gasteiger partial charge in [0.2, 0.25) is 11.8 Å². The molecule has 47 heavy (non-hydrogen) atoms. The lowest BCUT2D eigenvalue weighted by atomic mass is 9.92. The van der Waals surface area contributed by atoms with Crippen molar-refractivity contribution in [3.63, 3.8) is 0 Å². The summed E-state index contributed by atoms with van der Waals surface area (Å²) in [4.78, 5) is 59.8. The standard InChI is InChI=1S/C37H44N4O6/c1-38-19-10-14-29(38)18-20-39(25-34(42)40-24-28-13-7-6-11-26(28)21-30(40)23-35(43)46-2)36(44)33-22-27-12-8-9-17-32(27)41(33)37(45)47-31-15-4-3-5-16-31/h6-14,17,19,30-31,33H,3-5,15-16,18,20-25H2,1-2H3/t30-,33-/m1/s1. The van der Waals surface area contributed by atoms with E-state index >= 15 is 0 Å². The second-order valence-electron chi connectivity index (χ2n) is 12.9. The molecule has 0 unspecified atom stereocenters. The molecule has 1 fully saturated rings. The number of nitrogens with zero attached hydrogens (tertiary/aromatic N) is 4. The lowest BCUT2D eigenvalue weighted by molar-refractivity contribution is -0.147. The molecule has 2 aliphatic heterocycles. The number of aryl methyl sites for hydroxylation is 1. The molecule has 248 valence electrons. The van der Waals surface area contributed by atoms with E-state index in [0.717, 1.165) is 54.5 Å². The Morgan fingerprint density at radius 2 is 1.60 bits per heavy atom. The van der Waals surface area contributed by atoms with Gasteiger partial charge in [0.15, 0.2) is 0 Å². The summed E-state index contributed by atoms with van der Waals surface area (Å²) in [6.07, 6.45) is 7.54. The van der Waals surface area contributed by atoms with E-state index in [-0.39, 0.29) is 43.4 Å². The molecule has 1 aromatic heterocycles. The van der Waals surface area contributed by atoms with E-state index in [0.29, 0.717) is 31.5 Å². The highest BCUT2D eigenvalue weighted by atomic mass is 16.6. The third-order valence-corrected chi connectivity index (χ3v) is 9.91. The van der Waals surface area contributed by atoms with E-state index in [2.05, 4.69) is 0 Å². The van der Waals surface area contributed by atoms with Gasteiger partial charge >= 0.3 is 12.1 Å². The normalized spacial score (nSPS) is 19.1. The second kappa shape index (κ2) is 14.4. The van der Waals surface area contributed by atoms with Crippen LogP contribution in [0.3, 0.4) is 0 Å². The number of amides is 3. The Hall–Kier alpha value is -4.60. The van der Waals surface area contributed by atoms with Gasteiger partial charge in [-0.15, -0.1) is 0 Å². The number of ether oxygens (including phenoxy) is 2. The van der Waals surface area contributed by atoms with Gasteiger partial charge in [-0.05, 0) is 67.0 Å². The third-order valence-electron chi connectivity index (χ3n) is 9.91. The summed E-state index contributed by atoms with van der Waals surface area (Å²) in [5, 5.41) is 0. The molecule has 2 atom stereocenters. The molecule has 0 bridgehead atoms. The number of aromatic nitrogens is 1. The first kappa shape index (κ1) is 32.3. The Morgan fingerprint density at radius 1 is 0.872 bits per heavy atom. The lowest BCUT2D eigenvalue weighted by Gasteiger charge is -2.38. The van der Waals surface area contributed by atoms with Crippen LogP contribution in [0, 0.1) is 0 Å². The lowest BCUT2D eigenvalue weighted by Crippen LogP contribution is -2.55. The van der Waals surface area contributed by atoms with Crippen molar-refractivity contribution in [2.45, 2.75) is 82.5 Å². The van der Waals surface area contributed by atoms with E-state index < -0.39 is 18.2 Å². The number of anilines is 1. The molecule has 0 radical (unpaired) electrons. The largest absolute Gasteiger partial charge is 0.469 e. The summed E-state index contributed by atoms with van der Waals surface area (Å²) < 4.78 is 13.0. The van der Waals surface area contributed by atoms with Crippen LogP contribution in [0.1, 0.15) is 60.9 Å². The average Bonchev–Trinajstić information content (AvgIpc) is 3.69. The maximum absolute atomic E-state index is 14.6. The summed E-state index contributed by atoms with van der Waals surface area (Å²) in [5.41, 5.74) is 4.70. The van der Waals surface area contributed by atoms with Gasteiger partial charge < -0.3 is 23.8 Å². The number of rotatable bonds is 9. The van der Waals surface area contributed by atoms with Crippen molar-refractivity contribution in [1.29, 1.82) is 0 Å². The van der Waals surface area contributed by atoms with Gasteiger partial charge in [0, 0.05) is 50.9 Å². The summed E-state index contributed by atoms with van der Waals surface area (Å²) in [7, 11) is 3.30. The minimum absolute atomic E-state index is 0.0621. The number of carbonyl (C=O) groups excluding carboxylic acids is 4. The molecule has 10 nitrogen and oxygen atoms in total. The predicted octanol–water partition coefficient (Wildman–Crippen LogP) is 4.81. The first-order valence-electron chi connectivity index (χ1n) is 16.7. The molecule has 1 aliphatic carbocycles. The minimum atomic E-state index is -0.836. The fraction of sp³-hybridized carbons (Fsp3) is 0.459. The molecule has 3 aliphatic rings. The molecule has 3 heterocycles. The number of hydrogen-bond donors (Lipinski definition) is 0. The molecule has 2 aromatic carbocycles. The number of para-hydroxylation sites is 1. The monoisotopic (exact) mass is 640 g/mol. The molecule has 0 spiro atoms. The zero-order valence-electron chi connectivity index (χ0n) is 27.3. The van der Waals surface area contributed by atoms with Gasteiger partial charge in [-0.2, -0.15) is 0 Å². The van der Waals surface area contributed by atoms with Crippen LogP contribution in [-0.2, 0) is 56.7 Å². The number of methoxy groups -OCH3 is 1. The van der Waals surface area contributed by atoms with E-state index in [1.54, 1.807) is 9.80 Å². The Kier molecular flexibility index (Phi) is 9.94. The van der Waals surface area contributed by atoms with Crippen molar-refractivity contribution >= 4 is 29.6 Å². The van der Waals surface area contributed by atoms with Crippen molar-refractivity contribution in [3.05, 3.63) is 89.2 Å². The van der Waals surface area contributed by atoms with Crippen LogP contribution in [-0.4, -0.2) is 76.6 Å². The van der Waals surface area contributed by atoms with E-state index in [4.69, 9.17) is 9.47 Å². The minimum Gasteiger partial charge on any atom is -0.469 e. The molecule has 10 heteroatoms. The Bertz CT molecular complexity index is 1610. The first-order chi connectivity index (χ1) is 22.8. The van der Waals surface area contributed by atoms with E-state index in [1.165, 1.54) is 12.0 Å². The number of carbonyl (C=O) groups is 4. The van der Waals surface area contributed by atoms with Gasteiger partial charge in [0.25, 0.3) is 0 Å². The van der Waals surface area contributed by atoms with Crippen LogP contribution < -0.4 is 4.90 Å². The maximum Gasteiger partial charge on any atom is 0.415 e. The van der Waals surface area contributed by atoms with Crippen LogP contribution >= 0.6 is 0 Å². The maximum atomic E-state index is 14.6. The molecule has 0 N–H and O–H groups in total. The predicted molar refractivity (Wildman–Crippen MR) is 177 cm³/mol. The smallest absolute Gasteiger partial charge is 0.415 e. The van der Waals surface area contributed by atoms with Crippen molar-refractivity contribution in [2.75, 3.05) is 25.1 Å². The fourth-order valence-corrected chi connectivity index (χ4v) is 7.27. The molecule has 1 saturated carbocycles. The van der Waals surface area contributed by atoms with Gasteiger partial charge in [0.05, 0.1) is 25.8 Å². The summed E-state index contributed by atoms with van der Waals surface area (Å²) >= 11 is 0. The first-order valence-corrected chi connectivity index (χ1v) is 16.7. The fourth-order valence-electron chi connectivity index (χ4n) is 7.27. The Labute approximate surface area is 276 Å². The van der Waals surface area contributed by atoms with E-state index in [1.807, 2.05) is 78.5 Å². The number of fused-ring (bicyclic) bond motifs is 2. The number of benzene rings is 2. The highest BCUT2D eigenvalue weighted by molar-refractivity contribution is 6.01. The molecule has 3 amide bonds.